The molecule has 1 aliphatic carbocycles. The zero-order chi connectivity index (χ0) is 9.88. The van der Waals surface area contributed by atoms with Gasteiger partial charge in [-0.3, -0.25) is 0 Å². The van der Waals surface area contributed by atoms with Gasteiger partial charge in [0.1, 0.15) is 5.60 Å². The highest BCUT2D eigenvalue weighted by atomic mass is 16.6. The number of hydrogen-bond acceptors (Lipinski definition) is 1. The van der Waals surface area contributed by atoms with Crippen LogP contribution in [0.5, 0.6) is 0 Å². The maximum atomic E-state index is 5.71. The minimum absolute atomic E-state index is 0.0901. The summed E-state index contributed by atoms with van der Waals surface area (Å²) in [6.07, 6.45) is 0. The van der Waals surface area contributed by atoms with Crippen molar-refractivity contribution in [1.29, 1.82) is 0 Å². The quantitative estimate of drug-likeness (QED) is 0.587. The van der Waals surface area contributed by atoms with Crippen LogP contribution in [0.15, 0.2) is 48.5 Å². The Hall–Kier alpha value is -1.60. The van der Waals surface area contributed by atoms with Gasteiger partial charge in [0.2, 0.25) is 0 Å². The Morgan fingerprint density at radius 2 is 1.27 bits per heavy atom. The number of benzene rings is 2. The Kier molecular flexibility index (Phi) is 1.18. The monoisotopic (exact) mass is 194 g/mol. The number of ether oxygens (including phenoxy) is 1. The summed E-state index contributed by atoms with van der Waals surface area (Å²) in [5.74, 6) is 0. The van der Waals surface area contributed by atoms with Crippen LogP contribution in [-0.2, 0) is 10.3 Å². The summed E-state index contributed by atoms with van der Waals surface area (Å²) in [5.41, 5.74) is 5.27. The molecule has 2 aliphatic rings. The lowest BCUT2D eigenvalue weighted by atomic mass is 9.98. The van der Waals surface area contributed by atoms with E-state index in [9.17, 15) is 0 Å². The molecular formula is C14H10O. The van der Waals surface area contributed by atoms with Crippen LogP contribution in [0.4, 0.5) is 0 Å². The van der Waals surface area contributed by atoms with Crippen molar-refractivity contribution in [2.45, 2.75) is 5.60 Å². The highest BCUT2D eigenvalue weighted by Crippen LogP contribution is 2.56. The number of epoxide rings is 1. The van der Waals surface area contributed by atoms with Crippen LogP contribution >= 0.6 is 0 Å². The standard InChI is InChI=1S/C14H10O/c1-3-7-12-10(5-1)11-6-2-4-8-13(11)14(12)9-15-14/h1-8H,9H2. The van der Waals surface area contributed by atoms with Crippen LogP contribution in [0.1, 0.15) is 11.1 Å². The molecule has 1 heteroatoms. The summed E-state index contributed by atoms with van der Waals surface area (Å²) in [6.45, 7) is 0.834. The van der Waals surface area contributed by atoms with E-state index in [1.807, 2.05) is 0 Å². The number of fused-ring (bicyclic) bond motifs is 5. The van der Waals surface area contributed by atoms with Gasteiger partial charge in [-0.15, -0.1) is 0 Å². The van der Waals surface area contributed by atoms with E-state index >= 15 is 0 Å². The molecule has 1 aliphatic heterocycles. The molecule has 2 aromatic rings. The fraction of sp³-hybridized carbons (Fsp3) is 0.143. The minimum Gasteiger partial charge on any atom is -0.359 e. The maximum absolute atomic E-state index is 5.71. The third-order valence-corrected chi connectivity index (χ3v) is 3.45. The van der Waals surface area contributed by atoms with Gasteiger partial charge in [0.25, 0.3) is 0 Å². The van der Waals surface area contributed by atoms with Gasteiger partial charge in [-0.1, -0.05) is 48.5 Å². The van der Waals surface area contributed by atoms with Gasteiger partial charge in [-0.05, 0) is 22.3 Å². The predicted molar refractivity (Wildman–Crippen MR) is 58.6 cm³/mol. The van der Waals surface area contributed by atoms with Gasteiger partial charge < -0.3 is 4.74 Å². The molecule has 0 atom stereocenters. The molecular weight excluding hydrogens is 184 g/mol. The highest BCUT2D eigenvalue weighted by molar-refractivity contribution is 5.81. The van der Waals surface area contributed by atoms with Crippen LogP contribution in [0, 0.1) is 0 Å². The normalized spacial score (nSPS) is 18.7. The van der Waals surface area contributed by atoms with Crippen LogP contribution in [0.3, 0.4) is 0 Å². The summed E-state index contributed by atoms with van der Waals surface area (Å²) < 4.78 is 5.71. The third kappa shape index (κ3) is 0.783. The molecule has 1 spiro atoms. The summed E-state index contributed by atoms with van der Waals surface area (Å²) in [4.78, 5) is 0. The first-order chi connectivity index (χ1) is 7.42. The number of hydrogen-bond donors (Lipinski definition) is 0. The molecule has 4 rings (SSSR count). The first-order valence-corrected chi connectivity index (χ1v) is 5.25. The Morgan fingerprint density at radius 3 is 1.73 bits per heavy atom. The van der Waals surface area contributed by atoms with Crippen molar-refractivity contribution in [2.24, 2.45) is 0 Å². The van der Waals surface area contributed by atoms with E-state index in [-0.39, 0.29) is 5.60 Å². The first-order valence-electron chi connectivity index (χ1n) is 5.25. The van der Waals surface area contributed by atoms with Gasteiger partial charge >= 0.3 is 0 Å². The zero-order valence-corrected chi connectivity index (χ0v) is 8.23. The highest BCUT2D eigenvalue weighted by Gasteiger charge is 2.54. The van der Waals surface area contributed by atoms with E-state index in [0.29, 0.717) is 0 Å². The van der Waals surface area contributed by atoms with E-state index in [4.69, 9.17) is 4.74 Å². The average molecular weight is 194 g/mol. The second kappa shape index (κ2) is 2.31. The summed E-state index contributed by atoms with van der Waals surface area (Å²) >= 11 is 0. The smallest absolute Gasteiger partial charge is 0.143 e. The molecule has 15 heavy (non-hydrogen) atoms. The van der Waals surface area contributed by atoms with E-state index < -0.39 is 0 Å². The SMILES string of the molecule is c1ccc2c(c1)-c1ccccc1C21CO1. The lowest BCUT2D eigenvalue weighted by Crippen LogP contribution is -2.05. The summed E-state index contributed by atoms with van der Waals surface area (Å²) in [5, 5.41) is 0. The lowest BCUT2D eigenvalue weighted by molar-refractivity contribution is 0.354. The van der Waals surface area contributed by atoms with Gasteiger partial charge in [-0.25, -0.2) is 0 Å². The van der Waals surface area contributed by atoms with E-state index in [2.05, 4.69) is 48.5 Å². The van der Waals surface area contributed by atoms with Gasteiger partial charge in [0.15, 0.2) is 0 Å². The maximum Gasteiger partial charge on any atom is 0.143 e. The molecule has 0 radical (unpaired) electrons. The summed E-state index contributed by atoms with van der Waals surface area (Å²) in [7, 11) is 0. The Labute approximate surface area is 88.3 Å². The molecule has 1 saturated heterocycles. The minimum atomic E-state index is -0.0901. The second-order valence-corrected chi connectivity index (χ2v) is 4.21. The molecule has 2 aromatic carbocycles. The van der Waals surface area contributed by atoms with Gasteiger partial charge in [0, 0.05) is 0 Å². The first kappa shape index (κ1) is 7.66. The average Bonchev–Trinajstić information content (AvgIpc) is 3.05. The molecule has 0 amide bonds. The molecule has 72 valence electrons. The third-order valence-electron chi connectivity index (χ3n) is 3.45. The fourth-order valence-corrected chi connectivity index (χ4v) is 2.67. The topological polar surface area (TPSA) is 12.5 Å². The van der Waals surface area contributed by atoms with Crippen molar-refractivity contribution in [2.75, 3.05) is 6.61 Å². The number of rotatable bonds is 0. The van der Waals surface area contributed by atoms with Crippen molar-refractivity contribution < 1.29 is 4.74 Å². The summed E-state index contributed by atoms with van der Waals surface area (Å²) in [6, 6.07) is 17.1. The van der Waals surface area contributed by atoms with Crippen LogP contribution in [-0.4, -0.2) is 6.61 Å². The van der Waals surface area contributed by atoms with Crippen molar-refractivity contribution in [3.63, 3.8) is 0 Å². The van der Waals surface area contributed by atoms with E-state index in [1.165, 1.54) is 22.3 Å². The largest absolute Gasteiger partial charge is 0.359 e. The fourth-order valence-electron chi connectivity index (χ4n) is 2.67. The van der Waals surface area contributed by atoms with Crippen LogP contribution in [0.2, 0.25) is 0 Å². The molecule has 1 nitrogen and oxygen atoms in total. The van der Waals surface area contributed by atoms with Crippen molar-refractivity contribution in [1.82, 2.24) is 0 Å². The van der Waals surface area contributed by atoms with E-state index in [1.54, 1.807) is 0 Å². The molecule has 0 bridgehead atoms. The van der Waals surface area contributed by atoms with Crippen LogP contribution in [0.25, 0.3) is 11.1 Å². The van der Waals surface area contributed by atoms with Crippen molar-refractivity contribution in [3.05, 3.63) is 59.7 Å². The Balaban J connectivity index is 2.15. The molecule has 1 heterocycles. The van der Waals surface area contributed by atoms with E-state index in [0.717, 1.165) is 6.61 Å². The molecule has 1 fully saturated rings. The molecule has 0 N–H and O–H groups in total. The van der Waals surface area contributed by atoms with Gasteiger partial charge in [0.05, 0.1) is 6.61 Å². The molecule has 0 aromatic heterocycles. The predicted octanol–water partition coefficient (Wildman–Crippen LogP) is 2.94. The second-order valence-electron chi connectivity index (χ2n) is 4.21. The Bertz CT molecular complexity index is 505. The zero-order valence-electron chi connectivity index (χ0n) is 8.23. The van der Waals surface area contributed by atoms with Crippen LogP contribution < -0.4 is 0 Å². The van der Waals surface area contributed by atoms with Crippen molar-refractivity contribution in [3.8, 4) is 11.1 Å². The molecule has 0 unspecified atom stereocenters. The Morgan fingerprint density at radius 1 is 0.800 bits per heavy atom. The lowest BCUT2D eigenvalue weighted by Gasteiger charge is -2.05. The van der Waals surface area contributed by atoms with Gasteiger partial charge in [-0.2, -0.15) is 0 Å². The van der Waals surface area contributed by atoms with Crippen molar-refractivity contribution >= 4 is 0 Å². The molecule has 0 saturated carbocycles.